The summed E-state index contributed by atoms with van der Waals surface area (Å²) in [6, 6.07) is 11.0. The summed E-state index contributed by atoms with van der Waals surface area (Å²) in [6.45, 7) is 0. The lowest BCUT2D eigenvalue weighted by molar-refractivity contribution is 0.463. The molecule has 3 heterocycles. The highest BCUT2D eigenvalue weighted by Gasteiger charge is 2.07. The van der Waals surface area contributed by atoms with Crippen molar-refractivity contribution in [2.24, 2.45) is 7.05 Å². The van der Waals surface area contributed by atoms with Crippen LogP contribution >= 0.6 is 23.4 Å². The second-order valence-electron chi connectivity index (χ2n) is 6.59. The van der Waals surface area contributed by atoms with E-state index in [2.05, 4.69) is 20.1 Å². The largest absolute Gasteiger partial charge is 0.439 e. The third-order valence-electron chi connectivity index (χ3n) is 4.22. The molecule has 0 aliphatic carbocycles. The average molecular weight is 440 g/mol. The van der Waals surface area contributed by atoms with E-state index in [1.54, 1.807) is 35.4 Å². The lowest BCUT2D eigenvalue weighted by Gasteiger charge is -2.06. The molecule has 3 aromatic heterocycles. The molecule has 1 aromatic carbocycles. The number of aromatic nitrogens is 5. The standard InChI is InChI=1S/C21H18ClN5O2S/c1-27-12-15(10-25-27)8-16-11-24-21(26-20(16)28)30-13-14-2-4-18(5-3-14)29-19-9-17(22)6-7-23-19/h2-7,9-12H,8,13H2,1H3,(H,24,26,28). The normalized spacial score (nSPS) is 10.9. The molecule has 4 rings (SSSR count). The molecule has 0 fully saturated rings. The van der Waals surface area contributed by atoms with Gasteiger partial charge in [-0.25, -0.2) is 9.97 Å². The fourth-order valence-electron chi connectivity index (χ4n) is 2.75. The molecule has 0 atom stereocenters. The van der Waals surface area contributed by atoms with Crippen LogP contribution in [0.2, 0.25) is 5.02 Å². The van der Waals surface area contributed by atoms with Crippen LogP contribution in [0.15, 0.2) is 71.1 Å². The van der Waals surface area contributed by atoms with E-state index in [1.165, 1.54) is 11.8 Å². The minimum Gasteiger partial charge on any atom is -0.439 e. The summed E-state index contributed by atoms with van der Waals surface area (Å²) in [6.07, 6.45) is 7.36. The molecule has 0 aliphatic heterocycles. The number of rotatable bonds is 7. The van der Waals surface area contributed by atoms with Gasteiger partial charge in [-0.05, 0) is 29.3 Å². The molecule has 1 N–H and O–H groups in total. The Balaban J connectivity index is 1.35. The van der Waals surface area contributed by atoms with Crippen LogP contribution in [0.5, 0.6) is 11.6 Å². The highest BCUT2D eigenvalue weighted by atomic mass is 35.5. The molecule has 9 heteroatoms. The molecular formula is C21H18ClN5O2S. The Morgan fingerprint density at radius 2 is 1.97 bits per heavy atom. The molecule has 4 aromatic rings. The molecule has 0 bridgehead atoms. The average Bonchev–Trinajstić information content (AvgIpc) is 3.14. The first kappa shape index (κ1) is 20.2. The molecule has 0 spiro atoms. The van der Waals surface area contributed by atoms with Crippen LogP contribution in [0.1, 0.15) is 16.7 Å². The zero-order chi connectivity index (χ0) is 20.9. The van der Waals surface area contributed by atoms with Gasteiger partial charge in [-0.15, -0.1) is 0 Å². The highest BCUT2D eigenvalue weighted by molar-refractivity contribution is 7.98. The Morgan fingerprint density at radius 1 is 1.13 bits per heavy atom. The molecule has 0 amide bonds. The summed E-state index contributed by atoms with van der Waals surface area (Å²) in [5, 5.41) is 5.27. The summed E-state index contributed by atoms with van der Waals surface area (Å²) >= 11 is 7.41. The van der Waals surface area contributed by atoms with E-state index < -0.39 is 0 Å². The van der Waals surface area contributed by atoms with E-state index in [-0.39, 0.29) is 5.56 Å². The summed E-state index contributed by atoms with van der Waals surface area (Å²) < 4.78 is 7.40. The Morgan fingerprint density at radius 3 is 2.67 bits per heavy atom. The van der Waals surface area contributed by atoms with Crippen LogP contribution in [0.4, 0.5) is 0 Å². The first-order valence-corrected chi connectivity index (χ1v) is 10.5. The summed E-state index contributed by atoms with van der Waals surface area (Å²) in [5.41, 5.74) is 2.53. The fraction of sp³-hybridized carbons (Fsp3) is 0.143. The quantitative estimate of drug-likeness (QED) is 0.342. The van der Waals surface area contributed by atoms with Crippen molar-refractivity contribution in [2.45, 2.75) is 17.3 Å². The predicted octanol–water partition coefficient (Wildman–Crippen LogP) is 4.23. The monoisotopic (exact) mass is 439 g/mol. The Bertz CT molecular complexity index is 1210. The molecule has 0 aliphatic rings. The number of hydrogen-bond donors (Lipinski definition) is 1. The number of pyridine rings is 1. The van der Waals surface area contributed by atoms with Crippen molar-refractivity contribution < 1.29 is 4.74 Å². The smallest absolute Gasteiger partial charge is 0.255 e. The van der Waals surface area contributed by atoms with Gasteiger partial charge in [0, 0.05) is 54.5 Å². The molecule has 0 saturated heterocycles. The van der Waals surface area contributed by atoms with Crippen LogP contribution in [0.3, 0.4) is 0 Å². The lowest BCUT2D eigenvalue weighted by Crippen LogP contribution is -2.14. The Kier molecular flexibility index (Phi) is 6.15. The van der Waals surface area contributed by atoms with Crippen molar-refractivity contribution in [2.75, 3.05) is 0 Å². The summed E-state index contributed by atoms with van der Waals surface area (Å²) in [7, 11) is 1.85. The van der Waals surface area contributed by atoms with E-state index in [4.69, 9.17) is 16.3 Å². The van der Waals surface area contributed by atoms with Crippen molar-refractivity contribution in [1.82, 2.24) is 24.7 Å². The predicted molar refractivity (Wildman–Crippen MR) is 116 cm³/mol. The van der Waals surface area contributed by atoms with Gasteiger partial charge in [0.25, 0.3) is 5.56 Å². The van der Waals surface area contributed by atoms with Crippen LogP contribution in [0.25, 0.3) is 0 Å². The van der Waals surface area contributed by atoms with Gasteiger partial charge in [0.05, 0.1) is 6.20 Å². The molecule has 152 valence electrons. The maximum Gasteiger partial charge on any atom is 0.255 e. The maximum absolute atomic E-state index is 12.3. The fourth-order valence-corrected chi connectivity index (χ4v) is 3.69. The van der Waals surface area contributed by atoms with Gasteiger partial charge in [-0.1, -0.05) is 35.5 Å². The second kappa shape index (κ2) is 9.15. The van der Waals surface area contributed by atoms with E-state index in [1.807, 2.05) is 37.5 Å². The van der Waals surface area contributed by atoms with Gasteiger partial charge >= 0.3 is 0 Å². The SMILES string of the molecule is Cn1cc(Cc2cnc(SCc3ccc(Oc4cc(Cl)ccn4)cc3)[nH]c2=O)cn1. The van der Waals surface area contributed by atoms with E-state index in [0.717, 1.165) is 11.1 Å². The van der Waals surface area contributed by atoms with E-state index >= 15 is 0 Å². The zero-order valence-electron chi connectivity index (χ0n) is 16.1. The number of nitrogens with one attached hydrogen (secondary N) is 1. The molecule has 7 nitrogen and oxygen atoms in total. The number of hydrogen-bond acceptors (Lipinski definition) is 6. The maximum atomic E-state index is 12.3. The first-order chi connectivity index (χ1) is 14.5. The van der Waals surface area contributed by atoms with E-state index in [0.29, 0.717) is 39.5 Å². The minimum atomic E-state index is -0.130. The number of nitrogens with zero attached hydrogens (tertiary/aromatic N) is 4. The third kappa shape index (κ3) is 5.28. The van der Waals surface area contributed by atoms with Crippen molar-refractivity contribution >= 4 is 23.4 Å². The summed E-state index contributed by atoms with van der Waals surface area (Å²) in [5.74, 6) is 1.78. The van der Waals surface area contributed by atoms with Gasteiger partial charge in [0.2, 0.25) is 5.88 Å². The third-order valence-corrected chi connectivity index (χ3v) is 5.41. The van der Waals surface area contributed by atoms with Crippen molar-refractivity contribution in [3.8, 4) is 11.6 Å². The second-order valence-corrected chi connectivity index (χ2v) is 7.99. The summed E-state index contributed by atoms with van der Waals surface area (Å²) in [4.78, 5) is 23.7. The van der Waals surface area contributed by atoms with Gasteiger partial charge in [-0.3, -0.25) is 9.48 Å². The van der Waals surface area contributed by atoms with Crippen LogP contribution < -0.4 is 10.3 Å². The number of benzene rings is 1. The van der Waals surface area contributed by atoms with Gasteiger partial charge in [0.1, 0.15) is 5.75 Å². The Labute approximate surface area is 182 Å². The highest BCUT2D eigenvalue weighted by Crippen LogP contribution is 2.24. The minimum absolute atomic E-state index is 0.130. The van der Waals surface area contributed by atoms with E-state index in [9.17, 15) is 4.79 Å². The number of halogens is 1. The lowest BCUT2D eigenvalue weighted by atomic mass is 10.1. The number of ether oxygens (including phenoxy) is 1. The molecule has 0 unspecified atom stereocenters. The Hall–Kier alpha value is -3.10. The number of thioether (sulfide) groups is 1. The molecule has 30 heavy (non-hydrogen) atoms. The first-order valence-electron chi connectivity index (χ1n) is 9.12. The van der Waals surface area contributed by atoms with Gasteiger partial charge < -0.3 is 9.72 Å². The van der Waals surface area contributed by atoms with Crippen LogP contribution in [0, 0.1) is 0 Å². The number of aryl methyl sites for hydroxylation is 1. The number of aromatic amines is 1. The van der Waals surface area contributed by atoms with Crippen LogP contribution in [-0.2, 0) is 19.2 Å². The van der Waals surface area contributed by atoms with Gasteiger partial charge in [0.15, 0.2) is 5.16 Å². The van der Waals surface area contributed by atoms with Crippen LogP contribution in [-0.4, -0.2) is 24.7 Å². The molecule has 0 radical (unpaired) electrons. The number of H-pyrrole nitrogens is 1. The molecular weight excluding hydrogens is 422 g/mol. The topological polar surface area (TPSA) is 85.7 Å². The zero-order valence-corrected chi connectivity index (χ0v) is 17.7. The van der Waals surface area contributed by atoms with Crippen molar-refractivity contribution in [3.05, 3.63) is 93.3 Å². The molecule has 0 saturated carbocycles. The van der Waals surface area contributed by atoms with Crippen molar-refractivity contribution in [3.63, 3.8) is 0 Å². The van der Waals surface area contributed by atoms with Crippen molar-refractivity contribution in [1.29, 1.82) is 0 Å². The van der Waals surface area contributed by atoms with Gasteiger partial charge in [-0.2, -0.15) is 5.10 Å².